The van der Waals surface area contributed by atoms with Crippen LogP contribution in [0.2, 0.25) is 0 Å². The van der Waals surface area contributed by atoms with E-state index in [2.05, 4.69) is 12.3 Å². The van der Waals surface area contributed by atoms with E-state index in [1.807, 2.05) is 0 Å². The molecule has 0 rings (SSSR count). The van der Waals surface area contributed by atoms with Crippen LogP contribution in [0.15, 0.2) is 12.7 Å². The van der Waals surface area contributed by atoms with Crippen molar-refractivity contribution in [1.82, 2.24) is 0 Å². The highest BCUT2D eigenvalue weighted by molar-refractivity contribution is 6.09. The van der Waals surface area contributed by atoms with E-state index >= 15 is 0 Å². The lowest BCUT2D eigenvalue weighted by Crippen LogP contribution is -2.04. The van der Waals surface area contributed by atoms with Crippen LogP contribution < -0.4 is 5.73 Å². The Morgan fingerprint density at radius 1 is 1.33 bits per heavy atom. The third-order valence-corrected chi connectivity index (χ3v) is 0.257. The highest BCUT2D eigenvalue weighted by atomic mass is 16.2. The molecular formula is C5H7NO3. The lowest BCUT2D eigenvalue weighted by molar-refractivity contribution is -0.122. The van der Waals surface area contributed by atoms with Crippen molar-refractivity contribution >= 4 is 18.5 Å². The molecule has 0 aliphatic carbocycles. The number of rotatable bonds is 2. The van der Waals surface area contributed by atoms with Crippen molar-refractivity contribution in [3.8, 4) is 0 Å². The van der Waals surface area contributed by atoms with Gasteiger partial charge in [0.1, 0.15) is 0 Å². The first-order valence-electron chi connectivity index (χ1n) is 1.99. The summed E-state index contributed by atoms with van der Waals surface area (Å²) in [5.41, 5.74) is 4.53. The lowest BCUT2D eigenvalue weighted by Gasteiger charge is -1.65. The third kappa shape index (κ3) is 56.4. The van der Waals surface area contributed by atoms with Crippen molar-refractivity contribution in [2.75, 3.05) is 0 Å². The Balaban J connectivity index is 0. The van der Waals surface area contributed by atoms with Gasteiger partial charge < -0.3 is 5.73 Å². The van der Waals surface area contributed by atoms with Crippen LogP contribution in [-0.4, -0.2) is 18.5 Å². The fourth-order valence-electron chi connectivity index (χ4n) is 0. The minimum absolute atomic E-state index is 0.194. The van der Waals surface area contributed by atoms with Gasteiger partial charge in [-0.05, 0) is 6.08 Å². The summed E-state index contributed by atoms with van der Waals surface area (Å²) in [5.74, 6) is -0.481. The fourth-order valence-corrected chi connectivity index (χ4v) is 0. The number of nitrogens with two attached hydrogens (primary N) is 1. The minimum atomic E-state index is -0.481. The molecule has 0 saturated carbocycles. The summed E-state index contributed by atoms with van der Waals surface area (Å²) in [6, 6.07) is 0. The van der Waals surface area contributed by atoms with Crippen molar-refractivity contribution in [1.29, 1.82) is 0 Å². The Kier molecular flexibility index (Phi) is 11.4. The van der Waals surface area contributed by atoms with E-state index in [9.17, 15) is 4.79 Å². The summed E-state index contributed by atoms with van der Waals surface area (Å²) < 4.78 is 0. The minimum Gasteiger partial charge on any atom is -0.366 e. The first-order valence-corrected chi connectivity index (χ1v) is 1.99. The highest BCUT2D eigenvalue weighted by Gasteiger charge is 1.69. The number of aldehydes is 2. The zero-order chi connectivity index (χ0) is 7.70. The average molecular weight is 129 g/mol. The molecule has 4 heteroatoms. The van der Waals surface area contributed by atoms with Gasteiger partial charge in [-0.15, -0.1) is 0 Å². The van der Waals surface area contributed by atoms with E-state index in [0.717, 1.165) is 6.08 Å². The highest BCUT2D eigenvalue weighted by Crippen LogP contribution is 1.48. The van der Waals surface area contributed by atoms with Gasteiger partial charge in [-0.2, -0.15) is 0 Å². The maximum absolute atomic E-state index is 9.47. The first-order chi connectivity index (χ1) is 4.18. The van der Waals surface area contributed by atoms with Gasteiger partial charge in [-0.25, -0.2) is 0 Å². The molecule has 0 fully saturated rings. The molecule has 0 aromatic heterocycles. The quantitative estimate of drug-likeness (QED) is 0.296. The molecule has 0 heterocycles. The van der Waals surface area contributed by atoms with E-state index in [0.29, 0.717) is 0 Å². The molecule has 0 aliphatic heterocycles. The van der Waals surface area contributed by atoms with Crippen LogP contribution in [0, 0.1) is 0 Å². The number of hydrogen-bond acceptors (Lipinski definition) is 3. The van der Waals surface area contributed by atoms with Gasteiger partial charge in [0.25, 0.3) is 0 Å². The second-order valence-corrected chi connectivity index (χ2v) is 0.879. The Morgan fingerprint density at radius 2 is 1.56 bits per heavy atom. The smallest absolute Gasteiger partial charge is 0.240 e. The normalized spacial score (nSPS) is 5.78. The summed E-state index contributed by atoms with van der Waals surface area (Å²) in [6.07, 6.45) is 1.44. The Bertz CT molecular complexity index is 113. The van der Waals surface area contributed by atoms with E-state index in [4.69, 9.17) is 9.59 Å². The van der Waals surface area contributed by atoms with E-state index in [1.165, 1.54) is 0 Å². The van der Waals surface area contributed by atoms with Gasteiger partial charge in [0, 0.05) is 0 Å². The monoisotopic (exact) mass is 129 g/mol. The molecule has 50 valence electrons. The predicted octanol–water partition coefficient (Wildman–Crippen LogP) is -0.958. The van der Waals surface area contributed by atoms with Gasteiger partial charge >= 0.3 is 0 Å². The number of primary amides is 1. The predicted molar refractivity (Wildman–Crippen MR) is 31.5 cm³/mol. The Hall–Kier alpha value is -1.45. The maximum atomic E-state index is 9.47. The Morgan fingerprint density at radius 3 is 1.56 bits per heavy atom. The zero-order valence-corrected chi connectivity index (χ0v) is 4.74. The molecule has 9 heavy (non-hydrogen) atoms. The second-order valence-electron chi connectivity index (χ2n) is 0.879. The zero-order valence-electron chi connectivity index (χ0n) is 4.74. The van der Waals surface area contributed by atoms with Gasteiger partial charge in [-0.1, -0.05) is 6.58 Å². The average Bonchev–Trinajstić information content (AvgIpc) is 1.89. The van der Waals surface area contributed by atoms with Gasteiger partial charge in [0.2, 0.25) is 5.91 Å². The summed E-state index contributed by atoms with van der Waals surface area (Å²) in [7, 11) is 0. The van der Waals surface area contributed by atoms with Crippen LogP contribution in [0.25, 0.3) is 0 Å². The first kappa shape index (κ1) is 10.5. The van der Waals surface area contributed by atoms with Crippen LogP contribution in [0.1, 0.15) is 0 Å². The molecule has 1 amide bonds. The molecule has 0 bridgehead atoms. The van der Waals surface area contributed by atoms with Crippen molar-refractivity contribution in [3.63, 3.8) is 0 Å². The van der Waals surface area contributed by atoms with Crippen molar-refractivity contribution < 1.29 is 14.4 Å². The molecule has 0 atom stereocenters. The molecule has 0 aromatic carbocycles. The summed E-state index contributed by atoms with van der Waals surface area (Å²) >= 11 is 0. The molecule has 0 saturated heterocycles. The lowest BCUT2D eigenvalue weighted by atomic mass is 10.6. The summed E-state index contributed by atoms with van der Waals surface area (Å²) in [6.45, 7) is 3.09. The van der Waals surface area contributed by atoms with E-state index in [1.54, 1.807) is 0 Å². The number of carbonyl (C=O) groups excluding carboxylic acids is 3. The summed E-state index contributed by atoms with van der Waals surface area (Å²) in [4.78, 5) is 27.1. The van der Waals surface area contributed by atoms with Crippen LogP contribution in [0.3, 0.4) is 0 Å². The maximum Gasteiger partial charge on any atom is 0.240 e. The van der Waals surface area contributed by atoms with Crippen LogP contribution in [-0.2, 0) is 14.4 Å². The van der Waals surface area contributed by atoms with Gasteiger partial charge in [-0.3, -0.25) is 14.4 Å². The number of amides is 1. The van der Waals surface area contributed by atoms with Crippen LogP contribution in [0.5, 0.6) is 0 Å². The number of hydrogen-bond donors (Lipinski definition) is 1. The van der Waals surface area contributed by atoms with Crippen molar-refractivity contribution in [3.05, 3.63) is 12.7 Å². The van der Waals surface area contributed by atoms with Crippen LogP contribution in [0.4, 0.5) is 0 Å². The molecular weight excluding hydrogens is 122 g/mol. The summed E-state index contributed by atoms with van der Waals surface area (Å²) in [5, 5.41) is 0. The van der Waals surface area contributed by atoms with E-state index < -0.39 is 5.91 Å². The molecule has 0 aliphatic rings. The molecule has 0 unspecified atom stereocenters. The molecule has 2 N–H and O–H groups in total. The van der Waals surface area contributed by atoms with E-state index in [-0.39, 0.29) is 12.6 Å². The van der Waals surface area contributed by atoms with Crippen LogP contribution >= 0.6 is 0 Å². The fraction of sp³-hybridized carbons (Fsp3) is 0. The SMILES string of the molecule is C=CC(N)=O.O=CC=O. The standard InChI is InChI=1S/C3H5NO.C2H2O2/c1-2-3(4)5;3-1-2-4/h2H,1H2,(H2,4,5);1-2H. The Labute approximate surface area is 52.3 Å². The third-order valence-electron chi connectivity index (χ3n) is 0.257. The van der Waals surface area contributed by atoms with Gasteiger partial charge in [0.05, 0.1) is 0 Å². The number of carbonyl (C=O) groups is 3. The van der Waals surface area contributed by atoms with Crippen molar-refractivity contribution in [2.45, 2.75) is 0 Å². The molecule has 0 radical (unpaired) electrons. The molecule has 4 nitrogen and oxygen atoms in total. The van der Waals surface area contributed by atoms with Crippen molar-refractivity contribution in [2.24, 2.45) is 5.73 Å². The second kappa shape index (κ2) is 9.75. The topological polar surface area (TPSA) is 77.2 Å². The largest absolute Gasteiger partial charge is 0.366 e. The molecule has 0 spiro atoms. The van der Waals surface area contributed by atoms with Gasteiger partial charge in [0.15, 0.2) is 12.6 Å². The molecule has 0 aromatic rings.